The maximum Gasteiger partial charge on any atom is 0.325 e. The quantitative estimate of drug-likeness (QED) is 0.661. The lowest BCUT2D eigenvalue weighted by molar-refractivity contribution is -0.141. The van der Waals surface area contributed by atoms with Crippen LogP contribution in [0.25, 0.3) is 0 Å². The first-order valence-corrected chi connectivity index (χ1v) is 4.79. The molecule has 1 saturated heterocycles. The van der Waals surface area contributed by atoms with Gasteiger partial charge >= 0.3 is 5.97 Å². The number of rotatable bonds is 3. The van der Waals surface area contributed by atoms with Crippen molar-refractivity contribution in [2.24, 2.45) is 5.92 Å². The number of halogens is 1. The number of hydrogen-bond acceptors (Lipinski definition) is 4. The number of carbonyl (C=O) groups excluding carboxylic acids is 2. The number of methoxy groups -OCH3 is 1. The van der Waals surface area contributed by atoms with Gasteiger partial charge in [0.05, 0.1) is 13.0 Å². The molecule has 6 heteroatoms. The zero-order valence-electron chi connectivity index (χ0n) is 8.75. The zero-order valence-corrected chi connectivity index (χ0v) is 9.56. The van der Waals surface area contributed by atoms with Crippen molar-refractivity contribution in [1.82, 2.24) is 10.6 Å². The van der Waals surface area contributed by atoms with E-state index in [1.807, 2.05) is 0 Å². The third kappa shape index (κ3) is 4.99. The van der Waals surface area contributed by atoms with Gasteiger partial charge in [0.15, 0.2) is 0 Å². The molecular formula is C9H17ClN2O3. The molecule has 5 nitrogen and oxygen atoms in total. The molecule has 0 aromatic heterocycles. The molecule has 1 amide bonds. The molecule has 1 aliphatic heterocycles. The minimum Gasteiger partial charge on any atom is -0.468 e. The van der Waals surface area contributed by atoms with Crippen molar-refractivity contribution < 1.29 is 14.3 Å². The lowest BCUT2D eigenvalue weighted by Crippen LogP contribution is -2.42. The molecule has 1 aliphatic rings. The van der Waals surface area contributed by atoms with E-state index in [-0.39, 0.29) is 30.8 Å². The van der Waals surface area contributed by atoms with Crippen LogP contribution in [0, 0.1) is 5.92 Å². The van der Waals surface area contributed by atoms with Crippen molar-refractivity contribution in [3.63, 3.8) is 0 Å². The van der Waals surface area contributed by atoms with Crippen LogP contribution in [-0.4, -0.2) is 38.6 Å². The number of piperidine rings is 1. The van der Waals surface area contributed by atoms with Gasteiger partial charge in [0.1, 0.15) is 6.54 Å². The number of ether oxygens (including phenoxy) is 1. The molecule has 0 aliphatic carbocycles. The van der Waals surface area contributed by atoms with Crippen LogP contribution in [0.3, 0.4) is 0 Å². The van der Waals surface area contributed by atoms with Gasteiger partial charge in [-0.1, -0.05) is 0 Å². The van der Waals surface area contributed by atoms with Gasteiger partial charge in [-0.25, -0.2) is 0 Å². The molecule has 0 saturated carbocycles. The third-order valence-electron chi connectivity index (χ3n) is 2.30. The van der Waals surface area contributed by atoms with E-state index in [1.165, 1.54) is 7.11 Å². The van der Waals surface area contributed by atoms with Crippen molar-refractivity contribution in [1.29, 1.82) is 0 Å². The largest absolute Gasteiger partial charge is 0.468 e. The first-order valence-electron chi connectivity index (χ1n) is 4.79. The normalized spacial score (nSPS) is 19.9. The Balaban J connectivity index is 0.00000196. The van der Waals surface area contributed by atoms with Gasteiger partial charge in [-0.05, 0) is 19.4 Å². The van der Waals surface area contributed by atoms with Crippen LogP contribution < -0.4 is 10.6 Å². The summed E-state index contributed by atoms with van der Waals surface area (Å²) in [5, 5.41) is 5.69. The predicted molar refractivity (Wildman–Crippen MR) is 57.9 cm³/mol. The highest BCUT2D eigenvalue weighted by atomic mass is 35.5. The van der Waals surface area contributed by atoms with E-state index in [9.17, 15) is 9.59 Å². The molecule has 88 valence electrons. The average molecular weight is 237 g/mol. The van der Waals surface area contributed by atoms with Gasteiger partial charge in [-0.15, -0.1) is 12.4 Å². The summed E-state index contributed by atoms with van der Waals surface area (Å²) in [7, 11) is 1.30. The fourth-order valence-electron chi connectivity index (χ4n) is 1.45. The van der Waals surface area contributed by atoms with Crippen LogP contribution in [0.2, 0.25) is 0 Å². The molecule has 0 spiro atoms. The van der Waals surface area contributed by atoms with E-state index in [0.717, 1.165) is 19.4 Å². The number of amides is 1. The summed E-state index contributed by atoms with van der Waals surface area (Å²) in [6, 6.07) is 0. The van der Waals surface area contributed by atoms with Crippen LogP contribution in [0.5, 0.6) is 0 Å². The molecule has 1 unspecified atom stereocenters. The van der Waals surface area contributed by atoms with Gasteiger partial charge < -0.3 is 15.4 Å². The Labute approximate surface area is 95.3 Å². The summed E-state index contributed by atoms with van der Waals surface area (Å²) >= 11 is 0. The number of hydrogen-bond donors (Lipinski definition) is 2. The number of nitrogens with one attached hydrogen (secondary N) is 2. The Hall–Kier alpha value is -0.810. The molecule has 2 N–H and O–H groups in total. The second kappa shape index (κ2) is 7.48. The van der Waals surface area contributed by atoms with Crippen LogP contribution >= 0.6 is 12.4 Å². The summed E-state index contributed by atoms with van der Waals surface area (Å²) in [5.74, 6) is -0.488. The second-order valence-electron chi connectivity index (χ2n) is 3.34. The minimum atomic E-state index is -0.415. The maximum atomic E-state index is 11.5. The highest BCUT2D eigenvalue weighted by Crippen LogP contribution is 2.09. The third-order valence-corrected chi connectivity index (χ3v) is 2.30. The first kappa shape index (κ1) is 14.2. The van der Waals surface area contributed by atoms with Crippen LogP contribution in [0.1, 0.15) is 12.8 Å². The molecular weight excluding hydrogens is 220 g/mol. The Kier molecular flexibility index (Phi) is 7.07. The highest BCUT2D eigenvalue weighted by molar-refractivity contribution is 5.85. The Morgan fingerprint density at radius 3 is 2.80 bits per heavy atom. The van der Waals surface area contributed by atoms with E-state index < -0.39 is 5.97 Å². The molecule has 1 rings (SSSR count). The van der Waals surface area contributed by atoms with Crippen molar-refractivity contribution >= 4 is 24.3 Å². The molecule has 0 radical (unpaired) electrons. The van der Waals surface area contributed by atoms with E-state index in [1.54, 1.807) is 0 Å². The summed E-state index contributed by atoms with van der Waals surface area (Å²) in [6.07, 6.45) is 1.90. The Morgan fingerprint density at radius 1 is 1.53 bits per heavy atom. The van der Waals surface area contributed by atoms with Crippen molar-refractivity contribution in [3.8, 4) is 0 Å². The maximum absolute atomic E-state index is 11.5. The van der Waals surface area contributed by atoms with Gasteiger partial charge in [-0.2, -0.15) is 0 Å². The molecule has 0 aromatic rings. The van der Waals surface area contributed by atoms with Crippen LogP contribution in [-0.2, 0) is 14.3 Å². The van der Waals surface area contributed by atoms with Crippen LogP contribution in [0.4, 0.5) is 0 Å². The molecule has 1 atom stereocenters. The fraction of sp³-hybridized carbons (Fsp3) is 0.778. The Morgan fingerprint density at radius 2 is 2.27 bits per heavy atom. The van der Waals surface area contributed by atoms with E-state index >= 15 is 0 Å². The SMILES string of the molecule is COC(=O)CNC(=O)C1CCCNC1.Cl. The van der Waals surface area contributed by atoms with E-state index in [0.29, 0.717) is 6.54 Å². The summed E-state index contributed by atoms with van der Waals surface area (Å²) in [4.78, 5) is 22.2. The Bertz CT molecular complexity index is 217. The molecule has 15 heavy (non-hydrogen) atoms. The molecule has 1 fully saturated rings. The predicted octanol–water partition coefficient (Wildman–Crippen LogP) is -0.303. The number of carbonyl (C=O) groups is 2. The van der Waals surface area contributed by atoms with E-state index in [2.05, 4.69) is 15.4 Å². The highest BCUT2D eigenvalue weighted by Gasteiger charge is 2.20. The summed E-state index contributed by atoms with van der Waals surface area (Å²) < 4.78 is 4.42. The van der Waals surface area contributed by atoms with Crippen molar-refractivity contribution in [2.45, 2.75) is 12.8 Å². The average Bonchev–Trinajstić information content (AvgIpc) is 2.26. The molecule has 1 heterocycles. The smallest absolute Gasteiger partial charge is 0.325 e. The molecule has 0 bridgehead atoms. The van der Waals surface area contributed by atoms with Gasteiger partial charge in [0.2, 0.25) is 5.91 Å². The number of esters is 1. The van der Waals surface area contributed by atoms with Gasteiger partial charge in [0.25, 0.3) is 0 Å². The monoisotopic (exact) mass is 236 g/mol. The zero-order chi connectivity index (χ0) is 10.4. The van der Waals surface area contributed by atoms with E-state index in [4.69, 9.17) is 0 Å². The second-order valence-corrected chi connectivity index (χ2v) is 3.34. The van der Waals surface area contributed by atoms with Gasteiger partial charge in [-0.3, -0.25) is 9.59 Å². The summed E-state index contributed by atoms with van der Waals surface area (Å²) in [6.45, 7) is 1.64. The van der Waals surface area contributed by atoms with Crippen molar-refractivity contribution in [3.05, 3.63) is 0 Å². The fourth-order valence-corrected chi connectivity index (χ4v) is 1.45. The summed E-state index contributed by atoms with van der Waals surface area (Å²) in [5.41, 5.74) is 0. The van der Waals surface area contributed by atoms with Gasteiger partial charge in [0, 0.05) is 6.54 Å². The topological polar surface area (TPSA) is 67.4 Å². The minimum absolute atomic E-state index is 0. The lowest BCUT2D eigenvalue weighted by Gasteiger charge is -2.21. The molecule has 0 aromatic carbocycles. The first-order chi connectivity index (χ1) is 6.74. The lowest BCUT2D eigenvalue weighted by atomic mass is 9.99. The standard InChI is InChI=1S/C9H16N2O3.ClH/c1-14-8(12)6-11-9(13)7-3-2-4-10-5-7;/h7,10H,2-6H2,1H3,(H,11,13);1H. The van der Waals surface area contributed by atoms with Crippen molar-refractivity contribution in [2.75, 3.05) is 26.7 Å². The van der Waals surface area contributed by atoms with Crippen LogP contribution in [0.15, 0.2) is 0 Å².